The second kappa shape index (κ2) is 8.19. The molecule has 29 heavy (non-hydrogen) atoms. The van der Waals surface area contributed by atoms with Gasteiger partial charge < -0.3 is 15.2 Å². The van der Waals surface area contributed by atoms with Crippen LogP contribution >= 0.6 is 0 Å². The number of aryl methyl sites for hydroxylation is 2. The van der Waals surface area contributed by atoms with E-state index in [1.165, 1.54) is 5.56 Å². The molecule has 156 valence electrons. The van der Waals surface area contributed by atoms with E-state index in [2.05, 4.69) is 19.1 Å². The van der Waals surface area contributed by atoms with Crippen LogP contribution in [0.1, 0.15) is 68.9 Å². The zero-order chi connectivity index (χ0) is 21.3. The summed E-state index contributed by atoms with van der Waals surface area (Å²) in [5.41, 5.74) is 12.8. The van der Waals surface area contributed by atoms with Gasteiger partial charge in [-0.3, -0.25) is 4.79 Å². The fourth-order valence-electron chi connectivity index (χ4n) is 4.02. The van der Waals surface area contributed by atoms with Gasteiger partial charge >= 0.3 is 0 Å². The van der Waals surface area contributed by atoms with E-state index in [1.54, 1.807) is 0 Å². The van der Waals surface area contributed by atoms with E-state index in [0.717, 1.165) is 53.0 Å². The van der Waals surface area contributed by atoms with Gasteiger partial charge in [-0.15, -0.1) is 0 Å². The van der Waals surface area contributed by atoms with Crippen LogP contribution in [-0.4, -0.2) is 18.0 Å². The lowest BCUT2D eigenvalue weighted by molar-refractivity contribution is -0.140. The van der Waals surface area contributed by atoms with Crippen molar-refractivity contribution >= 4 is 11.5 Å². The van der Waals surface area contributed by atoms with Gasteiger partial charge in [0.2, 0.25) is 0 Å². The Hall–Kier alpha value is -2.33. The van der Waals surface area contributed by atoms with Gasteiger partial charge in [0.15, 0.2) is 5.78 Å². The number of hydrogen-bond donors (Lipinski definition) is 1. The normalized spacial score (nSPS) is 14.8. The highest BCUT2D eigenvalue weighted by Crippen LogP contribution is 2.41. The first-order valence-corrected chi connectivity index (χ1v) is 10.5. The van der Waals surface area contributed by atoms with Crippen LogP contribution in [0, 0.1) is 13.8 Å². The minimum atomic E-state index is -0.649. The van der Waals surface area contributed by atoms with E-state index in [0.29, 0.717) is 12.1 Å². The van der Waals surface area contributed by atoms with Crippen LogP contribution in [0.5, 0.6) is 5.75 Å². The van der Waals surface area contributed by atoms with Crippen LogP contribution in [-0.2, 0) is 16.0 Å². The van der Waals surface area contributed by atoms with Crippen LogP contribution in [0.3, 0.4) is 0 Å². The number of anilines is 1. The molecule has 0 amide bonds. The second-order valence-electron chi connectivity index (χ2n) is 8.90. The van der Waals surface area contributed by atoms with Crippen molar-refractivity contribution in [2.45, 2.75) is 72.5 Å². The van der Waals surface area contributed by atoms with Crippen molar-refractivity contribution in [1.29, 1.82) is 0 Å². The average Bonchev–Trinajstić information content (AvgIpc) is 2.67. The highest BCUT2D eigenvalue weighted by Gasteiger charge is 2.31. The van der Waals surface area contributed by atoms with Crippen LogP contribution < -0.4 is 10.5 Å². The quantitative estimate of drug-likeness (QED) is 0.658. The first-order valence-electron chi connectivity index (χ1n) is 10.5. The lowest BCUT2D eigenvalue weighted by atomic mass is 9.85. The van der Waals surface area contributed by atoms with Crippen molar-refractivity contribution in [3.8, 4) is 16.9 Å². The van der Waals surface area contributed by atoms with E-state index >= 15 is 0 Å². The lowest BCUT2D eigenvalue weighted by Crippen LogP contribution is -2.28. The van der Waals surface area contributed by atoms with Crippen LogP contribution in [0.25, 0.3) is 11.1 Å². The Balaban J connectivity index is 2.25. The molecule has 0 spiro atoms. The van der Waals surface area contributed by atoms with Gasteiger partial charge in [0.25, 0.3) is 0 Å². The van der Waals surface area contributed by atoms with E-state index < -0.39 is 11.7 Å². The maximum Gasteiger partial charge on any atom is 0.165 e. The van der Waals surface area contributed by atoms with Crippen molar-refractivity contribution in [2.24, 2.45) is 0 Å². The number of ketones is 1. The molecule has 0 fully saturated rings. The minimum absolute atomic E-state index is 0.0653. The predicted molar refractivity (Wildman–Crippen MR) is 118 cm³/mol. The summed E-state index contributed by atoms with van der Waals surface area (Å²) in [5.74, 6) is 1.02. The number of nitrogen functional groups attached to an aromatic ring is 1. The van der Waals surface area contributed by atoms with E-state index in [1.807, 2.05) is 46.8 Å². The van der Waals surface area contributed by atoms with Gasteiger partial charge in [0.05, 0.1) is 12.2 Å². The third-order valence-corrected chi connectivity index (χ3v) is 5.44. The summed E-state index contributed by atoms with van der Waals surface area (Å²) >= 11 is 0. The Morgan fingerprint density at radius 3 is 2.62 bits per heavy atom. The number of hydrogen-bond acceptors (Lipinski definition) is 4. The molecule has 0 aromatic heterocycles. The standard InChI is InChI=1S/C25H33NO3/c1-7-20(27)24(29-25(4,5)6)23-16(3)19(26)13-15(2)22(23)18-10-11-21-17(14-18)9-8-12-28-21/h10-11,13-14,24H,7-9,12,26H2,1-6H3. The van der Waals surface area contributed by atoms with E-state index in [-0.39, 0.29) is 5.78 Å². The SMILES string of the molecule is CCC(=O)C(OC(C)(C)C)c1c(C)c(N)cc(C)c1-c1ccc2c(c1)CCCO2. The fourth-order valence-corrected chi connectivity index (χ4v) is 4.02. The van der Waals surface area contributed by atoms with Crippen molar-refractivity contribution in [3.05, 3.63) is 46.5 Å². The molecule has 2 N–H and O–H groups in total. The summed E-state index contributed by atoms with van der Waals surface area (Å²) in [6.45, 7) is 12.6. The molecule has 4 nitrogen and oxygen atoms in total. The smallest absolute Gasteiger partial charge is 0.165 e. The molecule has 1 aliphatic rings. The topological polar surface area (TPSA) is 61.5 Å². The van der Waals surface area contributed by atoms with Gasteiger partial charge in [0.1, 0.15) is 11.9 Å². The highest BCUT2D eigenvalue weighted by atomic mass is 16.5. The number of ether oxygens (including phenoxy) is 2. The molecular weight excluding hydrogens is 362 g/mol. The van der Waals surface area contributed by atoms with Gasteiger partial charge in [-0.1, -0.05) is 13.0 Å². The number of rotatable bonds is 5. The number of carbonyl (C=O) groups excluding carboxylic acids is 1. The molecule has 4 heteroatoms. The second-order valence-corrected chi connectivity index (χ2v) is 8.90. The molecule has 0 radical (unpaired) electrons. The third kappa shape index (κ3) is 4.48. The Bertz CT molecular complexity index is 925. The molecule has 1 aliphatic heterocycles. The number of Topliss-reactive ketones (excluding diaryl/α,β-unsaturated/α-hetero) is 1. The minimum Gasteiger partial charge on any atom is -0.493 e. The van der Waals surface area contributed by atoms with Gasteiger partial charge in [-0.2, -0.15) is 0 Å². The molecule has 3 rings (SSSR count). The Labute approximate surface area is 174 Å². The molecular formula is C25H33NO3. The average molecular weight is 396 g/mol. The van der Waals surface area contributed by atoms with Crippen LogP contribution in [0.2, 0.25) is 0 Å². The van der Waals surface area contributed by atoms with E-state index in [9.17, 15) is 4.79 Å². The summed E-state index contributed by atoms with van der Waals surface area (Å²) in [6.07, 6.45) is 1.78. The number of nitrogens with two attached hydrogens (primary N) is 1. The predicted octanol–water partition coefficient (Wildman–Crippen LogP) is 5.71. The molecule has 2 aromatic carbocycles. The lowest BCUT2D eigenvalue weighted by Gasteiger charge is -2.31. The third-order valence-electron chi connectivity index (χ3n) is 5.44. The molecule has 1 heterocycles. The van der Waals surface area contributed by atoms with E-state index in [4.69, 9.17) is 15.2 Å². The number of fused-ring (bicyclic) bond motifs is 1. The number of carbonyl (C=O) groups is 1. The van der Waals surface area contributed by atoms with Crippen molar-refractivity contribution in [2.75, 3.05) is 12.3 Å². The van der Waals surface area contributed by atoms with Crippen molar-refractivity contribution in [1.82, 2.24) is 0 Å². The van der Waals surface area contributed by atoms with Crippen molar-refractivity contribution < 1.29 is 14.3 Å². The monoisotopic (exact) mass is 395 g/mol. The Kier molecular flexibility index (Phi) is 6.04. The number of benzene rings is 2. The van der Waals surface area contributed by atoms with Crippen LogP contribution in [0.15, 0.2) is 24.3 Å². The maximum absolute atomic E-state index is 13.0. The molecule has 1 unspecified atom stereocenters. The molecule has 0 aliphatic carbocycles. The molecule has 0 bridgehead atoms. The zero-order valence-electron chi connectivity index (χ0n) is 18.5. The first kappa shape index (κ1) is 21.4. The summed E-state index contributed by atoms with van der Waals surface area (Å²) in [6, 6.07) is 8.31. The van der Waals surface area contributed by atoms with Crippen LogP contribution in [0.4, 0.5) is 5.69 Å². The summed E-state index contributed by atoms with van der Waals surface area (Å²) in [4.78, 5) is 13.0. The first-order chi connectivity index (χ1) is 13.6. The summed E-state index contributed by atoms with van der Waals surface area (Å²) in [5, 5.41) is 0. The highest BCUT2D eigenvalue weighted by molar-refractivity contribution is 5.89. The largest absolute Gasteiger partial charge is 0.493 e. The summed E-state index contributed by atoms with van der Waals surface area (Å²) in [7, 11) is 0. The maximum atomic E-state index is 13.0. The fraction of sp³-hybridized carbons (Fsp3) is 0.480. The van der Waals surface area contributed by atoms with Gasteiger partial charge in [-0.05, 0) is 93.5 Å². The molecule has 2 aromatic rings. The van der Waals surface area contributed by atoms with Gasteiger partial charge in [0, 0.05) is 17.7 Å². The molecule has 0 saturated heterocycles. The zero-order valence-corrected chi connectivity index (χ0v) is 18.5. The molecule has 1 atom stereocenters. The summed E-state index contributed by atoms with van der Waals surface area (Å²) < 4.78 is 12.1. The Morgan fingerprint density at radius 2 is 1.97 bits per heavy atom. The van der Waals surface area contributed by atoms with Gasteiger partial charge in [-0.25, -0.2) is 0 Å². The Morgan fingerprint density at radius 1 is 1.24 bits per heavy atom. The molecule has 0 saturated carbocycles. The van der Waals surface area contributed by atoms with Crippen molar-refractivity contribution in [3.63, 3.8) is 0 Å².